The number of thiophene rings is 2. The number of benzene rings is 1. The minimum Gasteiger partial charge on any atom is -0.397 e. The van der Waals surface area contributed by atoms with Gasteiger partial charge in [-0.2, -0.15) is 0 Å². The lowest BCUT2D eigenvalue weighted by Gasteiger charge is -2.02. The van der Waals surface area contributed by atoms with Crippen LogP contribution in [0.3, 0.4) is 0 Å². The molecule has 0 bridgehead atoms. The lowest BCUT2D eigenvalue weighted by Crippen LogP contribution is -2.22. The fourth-order valence-corrected chi connectivity index (χ4v) is 4.81. The van der Waals surface area contributed by atoms with Gasteiger partial charge < -0.3 is 11.1 Å². The van der Waals surface area contributed by atoms with Crippen LogP contribution in [0.2, 0.25) is 5.02 Å². The number of hydrogen-bond acceptors (Lipinski definition) is 4. The first-order valence-electron chi connectivity index (χ1n) is 6.05. The SMILES string of the molecule is Nc1c(C(=O)NCc2ccc(Br)s2)sc2cccc(Cl)c12. The minimum absolute atomic E-state index is 0.172. The summed E-state index contributed by atoms with van der Waals surface area (Å²) in [6.45, 7) is 0.483. The Bertz CT molecular complexity index is 828. The molecule has 0 fully saturated rings. The molecule has 7 heteroatoms. The van der Waals surface area contributed by atoms with Crippen molar-refractivity contribution in [2.24, 2.45) is 0 Å². The molecule has 0 atom stereocenters. The van der Waals surface area contributed by atoms with Gasteiger partial charge in [0.25, 0.3) is 5.91 Å². The van der Waals surface area contributed by atoms with Gasteiger partial charge in [0.15, 0.2) is 0 Å². The van der Waals surface area contributed by atoms with Crippen LogP contribution in [0, 0.1) is 0 Å². The number of nitrogen functional groups attached to an aromatic ring is 1. The second-order valence-corrected chi connectivity index (χ2v) is 8.35. The summed E-state index contributed by atoms with van der Waals surface area (Å²) in [5.41, 5.74) is 6.52. The second kappa shape index (κ2) is 5.96. The summed E-state index contributed by atoms with van der Waals surface area (Å²) in [5.74, 6) is -0.172. The van der Waals surface area contributed by atoms with E-state index in [1.54, 1.807) is 17.4 Å². The van der Waals surface area contributed by atoms with E-state index in [-0.39, 0.29) is 5.91 Å². The summed E-state index contributed by atoms with van der Waals surface area (Å²) in [7, 11) is 0. The maximum Gasteiger partial charge on any atom is 0.263 e. The fraction of sp³-hybridized carbons (Fsp3) is 0.0714. The predicted octanol–water partition coefficient (Wildman–Crippen LogP) is 4.89. The van der Waals surface area contributed by atoms with Crippen LogP contribution in [-0.4, -0.2) is 5.91 Å². The molecule has 1 aromatic carbocycles. The summed E-state index contributed by atoms with van der Waals surface area (Å²) in [6.07, 6.45) is 0. The van der Waals surface area contributed by atoms with Gasteiger partial charge in [-0.15, -0.1) is 22.7 Å². The Morgan fingerprint density at radius 1 is 1.29 bits per heavy atom. The Hall–Kier alpha value is -1.08. The van der Waals surface area contributed by atoms with Gasteiger partial charge in [-0.05, 0) is 40.2 Å². The summed E-state index contributed by atoms with van der Waals surface area (Å²) in [4.78, 5) is 13.9. The predicted molar refractivity (Wildman–Crippen MR) is 94.4 cm³/mol. The molecule has 0 aliphatic carbocycles. The van der Waals surface area contributed by atoms with Crippen molar-refractivity contribution in [1.82, 2.24) is 5.32 Å². The Labute approximate surface area is 142 Å². The van der Waals surface area contributed by atoms with E-state index >= 15 is 0 Å². The van der Waals surface area contributed by atoms with Crippen LogP contribution in [0.5, 0.6) is 0 Å². The van der Waals surface area contributed by atoms with Crippen molar-refractivity contribution in [3.8, 4) is 0 Å². The molecule has 3 rings (SSSR count). The number of carbonyl (C=O) groups excluding carboxylic acids is 1. The number of carbonyl (C=O) groups is 1. The third-order valence-corrected chi connectivity index (χ3v) is 6.07. The average molecular weight is 402 g/mol. The first kappa shape index (κ1) is 14.8. The van der Waals surface area contributed by atoms with E-state index in [0.29, 0.717) is 22.1 Å². The fourth-order valence-electron chi connectivity index (χ4n) is 1.99. The molecule has 1 amide bonds. The lowest BCUT2D eigenvalue weighted by atomic mass is 10.2. The first-order chi connectivity index (χ1) is 10.1. The molecular formula is C14H10BrClN2OS2. The van der Waals surface area contributed by atoms with Gasteiger partial charge in [-0.3, -0.25) is 4.79 Å². The normalized spacial score (nSPS) is 11.0. The lowest BCUT2D eigenvalue weighted by molar-refractivity contribution is 0.0956. The van der Waals surface area contributed by atoms with Crippen molar-refractivity contribution in [3.63, 3.8) is 0 Å². The molecular weight excluding hydrogens is 392 g/mol. The van der Waals surface area contributed by atoms with E-state index in [2.05, 4.69) is 21.2 Å². The van der Waals surface area contributed by atoms with Gasteiger partial charge in [-0.25, -0.2) is 0 Å². The molecule has 2 aromatic heterocycles. The number of amides is 1. The molecule has 0 saturated heterocycles. The highest BCUT2D eigenvalue weighted by Crippen LogP contribution is 2.37. The Morgan fingerprint density at radius 3 is 2.76 bits per heavy atom. The monoisotopic (exact) mass is 400 g/mol. The molecule has 0 aliphatic rings. The van der Waals surface area contributed by atoms with Gasteiger partial charge in [0, 0.05) is 15.0 Å². The van der Waals surface area contributed by atoms with E-state index in [1.807, 2.05) is 24.3 Å². The van der Waals surface area contributed by atoms with E-state index in [9.17, 15) is 4.79 Å². The van der Waals surface area contributed by atoms with Crippen molar-refractivity contribution in [3.05, 3.63) is 48.9 Å². The molecule has 0 radical (unpaired) electrons. The van der Waals surface area contributed by atoms with Crippen molar-refractivity contribution in [1.29, 1.82) is 0 Å². The van der Waals surface area contributed by atoms with Crippen molar-refractivity contribution < 1.29 is 4.79 Å². The quantitative estimate of drug-likeness (QED) is 0.656. The molecule has 2 heterocycles. The maximum absolute atomic E-state index is 12.3. The maximum atomic E-state index is 12.3. The topological polar surface area (TPSA) is 55.1 Å². The Morgan fingerprint density at radius 2 is 2.10 bits per heavy atom. The number of nitrogens with two attached hydrogens (primary N) is 1. The molecule has 3 aromatic rings. The summed E-state index contributed by atoms with van der Waals surface area (Å²) < 4.78 is 1.96. The van der Waals surface area contributed by atoms with Crippen LogP contribution in [-0.2, 0) is 6.54 Å². The molecule has 3 N–H and O–H groups in total. The van der Waals surface area contributed by atoms with Crippen LogP contribution in [0.15, 0.2) is 34.1 Å². The zero-order chi connectivity index (χ0) is 15.0. The Balaban J connectivity index is 1.84. The van der Waals surface area contributed by atoms with Crippen molar-refractivity contribution >= 4 is 71.9 Å². The van der Waals surface area contributed by atoms with E-state index in [4.69, 9.17) is 17.3 Å². The van der Waals surface area contributed by atoms with Crippen LogP contribution >= 0.6 is 50.2 Å². The van der Waals surface area contributed by atoms with Gasteiger partial charge >= 0.3 is 0 Å². The number of rotatable bonds is 3. The molecule has 108 valence electrons. The zero-order valence-electron chi connectivity index (χ0n) is 10.7. The zero-order valence-corrected chi connectivity index (χ0v) is 14.6. The van der Waals surface area contributed by atoms with Crippen LogP contribution < -0.4 is 11.1 Å². The van der Waals surface area contributed by atoms with Gasteiger partial charge in [0.1, 0.15) is 4.88 Å². The minimum atomic E-state index is -0.172. The van der Waals surface area contributed by atoms with Crippen molar-refractivity contribution in [2.75, 3.05) is 5.73 Å². The third-order valence-electron chi connectivity index (χ3n) is 2.96. The number of hydrogen-bond donors (Lipinski definition) is 2. The highest BCUT2D eigenvalue weighted by Gasteiger charge is 2.17. The van der Waals surface area contributed by atoms with Crippen LogP contribution in [0.4, 0.5) is 5.69 Å². The van der Waals surface area contributed by atoms with E-state index in [1.165, 1.54) is 11.3 Å². The molecule has 3 nitrogen and oxygen atoms in total. The van der Waals surface area contributed by atoms with Gasteiger partial charge in [-0.1, -0.05) is 17.7 Å². The number of fused-ring (bicyclic) bond motifs is 1. The number of halogens is 2. The van der Waals surface area contributed by atoms with E-state index in [0.717, 1.165) is 18.7 Å². The summed E-state index contributed by atoms with van der Waals surface area (Å²) in [6, 6.07) is 9.47. The summed E-state index contributed by atoms with van der Waals surface area (Å²) >= 11 is 12.5. The van der Waals surface area contributed by atoms with Crippen molar-refractivity contribution in [2.45, 2.75) is 6.54 Å². The highest BCUT2D eigenvalue weighted by atomic mass is 79.9. The van der Waals surface area contributed by atoms with Gasteiger partial charge in [0.05, 0.1) is 21.0 Å². The van der Waals surface area contributed by atoms with Crippen LogP contribution in [0.1, 0.15) is 14.5 Å². The first-order valence-corrected chi connectivity index (χ1v) is 8.85. The molecule has 0 unspecified atom stereocenters. The molecule has 21 heavy (non-hydrogen) atoms. The number of anilines is 1. The third kappa shape index (κ3) is 2.94. The second-order valence-electron chi connectivity index (χ2n) is 4.35. The Kier molecular flexibility index (Phi) is 4.21. The molecule has 0 spiro atoms. The largest absolute Gasteiger partial charge is 0.397 e. The van der Waals surface area contributed by atoms with Gasteiger partial charge in [0.2, 0.25) is 0 Å². The highest BCUT2D eigenvalue weighted by molar-refractivity contribution is 9.11. The standard InChI is InChI=1S/C14H10BrClN2OS2/c15-10-5-4-7(20-10)6-18-14(19)13-12(17)11-8(16)2-1-3-9(11)21-13/h1-5H,6,17H2,(H,18,19). The van der Waals surface area contributed by atoms with E-state index < -0.39 is 0 Å². The van der Waals surface area contributed by atoms with Crippen LogP contribution in [0.25, 0.3) is 10.1 Å². The average Bonchev–Trinajstić information content (AvgIpc) is 3.01. The number of nitrogens with one attached hydrogen (secondary N) is 1. The molecule has 0 saturated carbocycles. The smallest absolute Gasteiger partial charge is 0.263 e. The molecule has 0 aliphatic heterocycles. The summed E-state index contributed by atoms with van der Waals surface area (Å²) in [5, 5.41) is 4.22.